The minimum absolute atomic E-state index is 0.0169. The van der Waals surface area contributed by atoms with E-state index in [4.69, 9.17) is 21.7 Å². The van der Waals surface area contributed by atoms with E-state index >= 15 is 0 Å². The molecule has 0 aliphatic carbocycles. The Bertz CT molecular complexity index is 1170. The summed E-state index contributed by atoms with van der Waals surface area (Å²) in [4.78, 5) is 48.8. The van der Waals surface area contributed by atoms with Gasteiger partial charge in [-0.15, -0.1) is 0 Å². The Labute approximate surface area is 180 Å². The van der Waals surface area contributed by atoms with Crippen molar-refractivity contribution in [3.63, 3.8) is 0 Å². The molecule has 1 amide bonds. The highest BCUT2D eigenvalue weighted by Gasteiger charge is 2.41. The highest BCUT2D eigenvalue weighted by Crippen LogP contribution is 2.34. The quantitative estimate of drug-likeness (QED) is 0.508. The zero-order valence-electron chi connectivity index (χ0n) is 15.9. The van der Waals surface area contributed by atoms with Gasteiger partial charge >= 0.3 is 11.9 Å². The molecule has 1 unspecified atom stereocenters. The molecule has 1 aromatic carbocycles. The second kappa shape index (κ2) is 8.41. The van der Waals surface area contributed by atoms with E-state index in [1.54, 1.807) is 12.1 Å². The highest BCUT2D eigenvalue weighted by atomic mass is 32.2. The first-order valence-electron chi connectivity index (χ1n) is 8.87. The van der Waals surface area contributed by atoms with Gasteiger partial charge in [0.2, 0.25) is 0 Å². The normalized spacial score (nSPS) is 16.6. The van der Waals surface area contributed by atoms with Crippen molar-refractivity contribution in [3.05, 3.63) is 50.7 Å². The first-order valence-corrected chi connectivity index (χ1v) is 10.1. The molecule has 2 heterocycles. The molecule has 1 fully saturated rings. The molecule has 1 aliphatic heterocycles. The van der Waals surface area contributed by atoms with E-state index in [1.807, 2.05) is 19.9 Å². The Kier molecular flexibility index (Phi) is 6.09. The van der Waals surface area contributed by atoms with Crippen LogP contribution in [-0.4, -0.2) is 43.3 Å². The second-order valence-electron chi connectivity index (χ2n) is 6.93. The van der Waals surface area contributed by atoms with Gasteiger partial charge in [-0.2, -0.15) is 0 Å². The van der Waals surface area contributed by atoms with E-state index in [2.05, 4.69) is 0 Å². The van der Waals surface area contributed by atoms with Gasteiger partial charge in [0.1, 0.15) is 22.2 Å². The molecule has 30 heavy (non-hydrogen) atoms. The van der Waals surface area contributed by atoms with Gasteiger partial charge in [-0.25, -0.2) is 4.79 Å². The number of hydrogen-bond donors (Lipinski definition) is 2. The van der Waals surface area contributed by atoms with E-state index in [9.17, 15) is 24.3 Å². The number of carbonyl (C=O) groups excluding carboxylic acids is 1. The number of thiocarbonyl (C=S) groups is 1. The molecule has 2 N–H and O–H groups in total. The van der Waals surface area contributed by atoms with Crippen molar-refractivity contribution in [1.29, 1.82) is 0 Å². The lowest BCUT2D eigenvalue weighted by atomic mass is 10.0. The third-order valence-corrected chi connectivity index (χ3v) is 5.90. The van der Waals surface area contributed by atoms with Crippen LogP contribution < -0.4 is 5.43 Å². The second-order valence-corrected chi connectivity index (χ2v) is 8.61. The van der Waals surface area contributed by atoms with E-state index in [0.29, 0.717) is 11.0 Å². The predicted octanol–water partition coefficient (Wildman–Crippen LogP) is 3.05. The SMILES string of the molecule is CC(C)c1ccc2occ(C=C3SC(=S)N(C(CC(=O)O)C(=O)O)C3=O)c(=O)c2c1. The number of carboxylic acids is 2. The largest absolute Gasteiger partial charge is 0.481 e. The Hall–Kier alpha value is -2.98. The molecule has 0 spiro atoms. The summed E-state index contributed by atoms with van der Waals surface area (Å²) >= 11 is 5.89. The van der Waals surface area contributed by atoms with Crippen LogP contribution in [0.3, 0.4) is 0 Å². The Morgan fingerprint density at radius 2 is 1.97 bits per heavy atom. The summed E-state index contributed by atoms with van der Waals surface area (Å²) < 4.78 is 5.42. The van der Waals surface area contributed by atoms with E-state index in [1.165, 1.54) is 12.3 Å². The molecule has 2 aromatic rings. The number of benzene rings is 1. The monoisotopic (exact) mass is 447 g/mol. The van der Waals surface area contributed by atoms with Crippen LogP contribution in [0, 0.1) is 0 Å². The van der Waals surface area contributed by atoms with Gasteiger partial charge in [0.25, 0.3) is 5.91 Å². The molecule has 8 nitrogen and oxygen atoms in total. The lowest BCUT2D eigenvalue weighted by Gasteiger charge is -2.21. The maximum atomic E-state index is 12.9. The molecular formula is C20H17NO7S2. The van der Waals surface area contributed by atoms with Crippen molar-refractivity contribution in [3.8, 4) is 0 Å². The number of carboxylic acid groups (broad SMARTS) is 2. The molecule has 1 saturated heterocycles. The predicted molar refractivity (Wildman–Crippen MR) is 115 cm³/mol. The topological polar surface area (TPSA) is 125 Å². The number of aliphatic carboxylic acids is 2. The zero-order valence-corrected chi connectivity index (χ0v) is 17.6. The zero-order chi connectivity index (χ0) is 22.2. The van der Waals surface area contributed by atoms with Crippen molar-refractivity contribution in [2.24, 2.45) is 0 Å². The van der Waals surface area contributed by atoms with Gasteiger partial charge in [-0.3, -0.25) is 19.3 Å². The number of nitrogens with zero attached hydrogens (tertiary/aromatic N) is 1. The fraction of sp³-hybridized carbons (Fsp3) is 0.250. The first-order chi connectivity index (χ1) is 14.1. The summed E-state index contributed by atoms with van der Waals surface area (Å²) in [6, 6.07) is 3.68. The smallest absolute Gasteiger partial charge is 0.327 e. The molecule has 0 bridgehead atoms. The summed E-state index contributed by atoms with van der Waals surface area (Å²) in [7, 11) is 0. The minimum atomic E-state index is -1.64. The molecular weight excluding hydrogens is 430 g/mol. The number of rotatable bonds is 6. The van der Waals surface area contributed by atoms with Crippen molar-refractivity contribution < 1.29 is 29.0 Å². The van der Waals surface area contributed by atoms with Crippen LogP contribution >= 0.6 is 24.0 Å². The fourth-order valence-corrected chi connectivity index (χ4v) is 4.31. The fourth-order valence-electron chi connectivity index (χ4n) is 2.97. The third-order valence-electron chi connectivity index (χ3n) is 4.56. The Morgan fingerprint density at radius 3 is 2.57 bits per heavy atom. The Balaban J connectivity index is 2.02. The van der Waals surface area contributed by atoms with Gasteiger partial charge in [-0.05, 0) is 29.7 Å². The average Bonchev–Trinajstić information content (AvgIpc) is 2.94. The molecule has 0 saturated carbocycles. The number of hydrogen-bond acceptors (Lipinski definition) is 7. The molecule has 1 aromatic heterocycles. The minimum Gasteiger partial charge on any atom is -0.481 e. The maximum Gasteiger partial charge on any atom is 0.327 e. The van der Waals surface area contributed by atoms with Crippen molar-refractivity contribution in [2.75, 3.05) is 0 Å². The van der Waals surface area contributed by atoms with Crippen LogP contribution in [0.25, 0.3) is 17.0 Å². The van der Waals surface area contributed by atoms with Crippen LogP contribution in [-0.2, 0) is 14.4 Å². The number of carbonyl (C=O) groups is 3. The summed E-state index contributed by atoms with van der Waals surface area (Å²) in [5.74, 6) is -3.43. The van der Waals surface area contributed by atoms with E-state index in [-0.39, 0.29) is 26.1 Å². The highest BCUT2D eigenvalue weighted by molar-refractivity contribution is 8.26. The summed E-state index contributed by atoms with van der Waals surface area (Å²) in [6.07, 6.45) is 1.70. The first kappa shape index (κ1) is 21.7. The van der Waals surface area contributed by atoms with Crippen molar-refractivity contribution >= 4 is 63.2 Å². The van der Waals surface area contributed by atoms with E-state index < -0.39 is 30.3 Å². The molecule has 10 heteroatoms. The van der Waals surface area contributed by atoms with Crippen molar-refractivity contribution in [1.82, 2.24) is 4.90 Å². The van der Waals surface area contributed by atoms with Gasteiger partial charge in [0.15, 0.2) is 5.43 Å². The third kappa shape index (κ3) is 4.14. The van der Waals surface area contributed by atoms with Crippen LogP contribution in [0.2, 0.25) is 0 Å². The molecule has 156 valence electrons. The van der Waals surface area contributed by atoms with Crippen LogP contribution in [0.4, 0.5) is 0 Å². The molecule has 3 rings (SSSR count). The number of amides is 1. The van der Waals surface area contributed by atoms with Gasteiger partial charge in [0, 0.05) is 0 Å². The van der Waals surface area contributed by atoms with E-state index in [0.717, 1.165) is 22.2 Å². The lowest BCUT2D eigenvalue weighted by Crippen LogP contribution is -2.45. The number of thioether (sulfide) groups is 1. The van der Waals surface area contributed by atoms with Gasteiger partial charge in [0.05, 0.1) is 22.3 Å². The maximum absolute atomic E-state index is 12.9. The number of fused-ring (bicyclic) bond motifs is 1. The summed E-state index contributed by atoms with van der Waals surface area (Å²) in [6.45, 7) is 3.99. The molecule has 1 aliphatic rings. The standard InChI is InChI=1S/C20H17NO7S2/c1-9(2)10-3-4-14-12(5-10)17(24)11(8-28-14)6-15-18(25)21(20(29)30-15)13(19(26)27)7-16(22)23/h3-6,8-9,13H,7H2,1-2H3,(H,22,23)(H,26,27). The van der Waals surface area contributed by atoms with Crippen LogP contribution in [0.5, 0.6) is 0 Å². The summed E-state index contributed by atoms with van der Waals surface area (Å²) in [5, 5.41) is 18.6. The van der Waals surface area contributed by atoms with Gasteiger partial charge in [-0.1, -0.05) is 43.9 Å². The van der Waals surface area contributed by atoms with Crippen LogP contribution in [0.15, 0.2) is 38.6 Å². The molecule has 0 radical (unpaired) electrons. The van der Waals surface area contributed by atoms with Crippen molar-refractivity contribution in [2.45, 2.75) is 32.2 Å². The van der Waals surface area contributed by atoms with Gasteiger partial charge < -0.3 is 14.6 Å². The molecule has 1 atom stereocenters. The van der Waals surface area contributed by atoms with Crippen LogP contribution in [0.1, 0.15) is 37.3 Å². The Morgan fingerprint density at radius 1 is 1.27 bits per heavy atom. The lowest BCUT2D eigenvalue weighted by molar-refractivity contribution is -0.150. The average molecular weight is 447 g/mol. The summed E-state index contributed by atoms with van der Waals surface area (Å²) in [5.41, 5.74) is 1.12.